The Morgan fingerprint density at radius 2 is 1.89 bits per heavy atom. The molecule has 2 aromatic rings. The number of phenols is 1. The lowest BCUT2D eigenvalue weighted by molar-refractivity contribution is 0.0951. The van der Waals surface area contributed by atoms with Gasteiger partial charge in [-0.05, 0) is 35.9 Å². The standard InChI is InChI=1S/C14H11ClFNO2/c15-13-7-10(16)3-6-12(13)14(19)17-8-9-1-4-11(18)5-2-9/h1-7,18H,8H2,(H,17,19). The van der Waals surface area contributed by atoms with Crippen LogP contribution in [0, 0.1) is 5.82 Å². The number of aromatic hydroxyl groups is 1. The Morgan fingerprint density at radius 1 is 1.21 bits per heavy atom. The molecule has 5 heteroatoms. The topological polar surface area (TPSA) is 49.3 Å². The van der Waals surface area contributed by atoms with Crippen LogP contribution in [0.4, 0.5) is 4.39 Å². The average molecular weight is 280 g/mol. The second-order valence-electron chi connectivity index (χ2n) is 3.97. The smallest absolute Gasteiger partial charge is 0.253 e. The van der Waals surface area contributed by atoms with Gasteiger partial charge in [-0.25, -0.2) is 4.39 Å². The Hall–Kier alpha value is -2.07. The summed E-state index contributed by atoms with van der Waals surface area (Å²) >= 11 is 5.79. The summed E-state index contributed by atoms with van der Waals surface area (Å²) in [6, 6.07) is 10.1. The summed E-state index contributed by atoms with van der Waals surface area (Å²) < 4.78 is 12.9. The molecule has 0 aliphatic carbocycles. The van der Waals surface area contributed by atoms with E-state index in [4.69, 9.17) is 16.7 Å². The third-order valence-electron chi connectivity index (χ3n) is 2.57. The number of carbonyl (C=O) groups excluding carboxylic acids is 1. The molecule has 0 saturated carbocycles. The van der Waals surface area contributed by atoms with Gasteiger partial charge in [0.15, 0.2) is 0 Å². The molecule has 0 aromatic heterocycles. The summed E-state index contributed by atoms with van der Waals surface area (Å²) in [4.78, 5) is 11.8. The Kier molecular flexibility index (Phi) is 4.02. The fourth-order valence-corrected chi connectivity index (χ4v) is 1.82. The zero-order valence-electron chi connectivity index (χ0n) is 9.86. The van der Waals surface area contributed by atoms with Crippen LogP contribution in [0.2, 0.25) is 5.02 Å². The first-order valence-electron chi connectivity index (χ1n) is 5.57. The van der Waals surface area contributed by atoms with Crippen LogP contribution >= 0.6 is 11.6 Å². The summed E-state index contributed by atoms with van der Waals surface area (Å²) in [6.07, 6.45) is 0. The summed E-state index contributed by atoms with van der Waals surface area (Å²) in [7, 11) is 0. The van der Waals surface area contributed by atoms with Gasteiger partial charge >= 0.3 is 0 Å². The van der Waals surface area contributed by atoms with Crippen molar-refractivity contribution in [2.45, 2.75) is 6.54 Å². The van der Waals surface area contributed by atoms with E-state index in [0.717, 1.165) is 11.6 Å². The highest BCUT2D eigenvalue weighted by atomic mass is 35.5. The molecule has 0 aliphatic heterocycles. The molecular formula is C14H11ClFNO2. The molecule has 19 heavy (non-hydrogen) atoms. The van der Waals surface area contributed by atoms with E-state index in [9.17, 15) is 9.18 Å². The van der Waals surface area contributed by atoms with Gasteiger partial charge in [0.05, 0.1) is 10.6 Å². The predicted molar refractivity (Wildman–Crippen MR) is 70.7 cm³/mol. The van der Waals surface area contributed by atoms with Gasteiger partial charge in [-0.2, -0.15) is 0 Å². The fourth-order valence-electron chi connectivity index (χ4n) is 1.56. The maximum Gasteiger partial charge on any atom is 0.253 e. The third kappa shape index (κ3) is 3.45. The van der Waals surface area contributed by atoms with Crippen LogP contribution in [-0.4, -0.2) is 11.0 Å². The molecule has 0 heterocycles. The summed E-state index contributed by atoms with van der Waals surface area (Å²) in [5, 5.41) is 11.9. The third-order valence-corrected chi connectivity index (χ3v) is 2.88. The van der Waals surface area contributed by atoms with E-state index in [2.05, 4.69) is 5.32 Å². The highest BCUT2D eigenvalue weighted by molar-refractivity contribution is 6.33. The van der Waals surface area contributed by atoms with Crippen LogP contribution in [-0.2, 0) is 6.54 Å². The van der Waals surface area contributed by atoms with Gasteiger partial charge in [0.25, 0.3) is 5.91 Å². The summed E-state index contributed by atoms with van der Waals surface area (Å²) in [5.41, 5.74) is 1.06. The molecule has 0 aliphatic rings. The van der Waals surface area contributed by atoms with Crippen LogP contribution in [0.25, 0.3) is 0 Å². The molecule has 0 radical (unpaired) electrons. The number of hydrogen-bond donors (Lipinski definition) is 2. The average Bonchev–Trinajstić information content (AvgIpc) is 2.37. The molecule has 3 nitrogen and oxygen atoms in total. The normalized spacial score (nSPS) is 10.2. The number of hydrogen-bond acceptors (Lipinski definition) is 2. The summed E-state index contributed by atoms with van der Waals surface area (Å²) in [6.45, 7) is 0.298. The zero-order chi connectivity index (χ0) is 13.8. The van der Waals surface area contributed by atoms with Gasteiger partial charge in [0, 0.05) is 6.54 Å². The lowest BCUT2D eigenvalue weighted by Crippen LogP contribution is -2.23. The number of phenolic OH excluding ortho intramolecular Hbond substituents is 1. The van der Waals surface area contributed by atoms with Crippen molar-refractivity contribution < 1.29 is 14.3 Å². The van der Waals surface area contributed by atoms with Crippen LogP contribution in [0.1, 0.15) is 15.9 Å². The van der Waals surface area contributed by atoms with Gasteiger partial charge in [0.1, 0.15) is 11.6 Å². The zero-order valence-corrected chi connectivity index (χ0v) is 10.6. The van der Waals surface area contributed by atoms with E-state index in [1.54, 1.807) is 12.1 Å². The molecule has 0 bridgehead atoms. The van der Waals surface area contributed by atoms with Crippen molar-refractivity contribution in [2.24, 2.45) is 0 Å². The van der Waals surface area contributed by atoms with Gasteiger partial charge in [0.2, 0.25) is 0 Å². The van der Waals surface area contributed by atoms with Crippen molar-refractivity contribution in [3.63, 3.8) is 0 Å². The van der Waals surface area contributed by atoms with E-state index < -0.39 is 5.82 Å². The predicted octanol–water partition coefficient (Wildman–Crippen LogP) is 3.11. The lowest BCUT2D eigenvalue weighted by Gasteiger charge is -2.07. The van der Waals surface area contributed by atoms with Crippen LogP contribution in [0.15, 0.2) is 42.5 Å². The molecule has 2 rings (SSSR count). The molecule has 0 spiro atoms. The van der Waals surface area contributed by atoms with Crippen LogP contribution in [0.3, 0.4) is 0 Å². The van der Waals surface area contributed by atoms with Crippen LogP contribution < -0.4 is 5.32 Å². The molecule has 0 fully saturated rings. The second-order valence-corrected chi connectivity index (χ2v) is 4.38. The summed E-state index contributed by atoms with van der Waals surface area (Å²) in [5.74, 6) is -0.699. The number of rotatable bonds is 3. The maximum atomic E-state index is 12.9. The van der Waals surface area contributed by atoms with Crippen molar-refractivity contribution in [3.8, 4) is 5.75 Å². The van der Waals surface area contributed by atoms with Crippen molar-refractivity contribution in [1.82, 2.24) is 5.32 Å². The Labute approximate surface area is 114 Å². The highest BCUT2D eigenvalue weighted by Crippen LogP contribution is 2.17. The molecule has 0 atom stereocenters. The van der Waals surface area contributed by atoms with E-state index >= 15 is 0 Å². The number of amides is 1. The van der Waals surface area contributed by atoms with E-state index in [-0.39, 0.29) is 22.2 Å². The minimum absolute atomic E-state index is 0.0724. The molecule has 1 amide bonds. The molecule has 0 unspecified atom stereocenters. The first-order valence-corrected chi connectivity index (χ1v) is 5.95. The largest absolute Gasteiger partial charge is 0.508 e. The Balaban J connectivity index is 2.03. The number of halogens is 2. The number of carbonyl (C=O) groups is 1. The van der Waals surface area contributed by atoms with E-state index in [1.807, 2.05) is 0 Å². The van der Waals surface area contributed by atoms with Gasteiger partial charge in [-0.15, -0.1) is 0 Å². The Bertz CT molecular complexity index is 599. The maximum absolute atomic E-state index is 12.9. The minimum atomic E-state index is -0.486. The van der Waals surface area contributed by atoms with Crippen molar-refractivity contribution >= 4 is 17.5 Å². The fraction of sp³-hybridized carbons (Fsp3) is 0.0714. The second kappa shape index (κ2) is 5.71. The lowest BCUT2D eigenvalue weighted by atomic mass is 10.2. The Morgan fingerprint density at radius 3 is 2.53 bits per heavy atom. The monoisotopic (exact) mass is 279 g/mol. The van der Waals surface area contributed by atoms with E-state index in [1.165, 1.54) is 24.3 Å². The number of nitrogens with one attached hydrogen (secondary N) is 1. The molecule has 2 N–H and O–H groups in total. The molecule has 2 aromatic carbocycles. The molecular weight excluding hydrogens is 269 g/mol. The van der Waals surface area contributed by atoms with Crippen molar-refractivity contribution in [1.29, 1.82) is 0 Å². The van der Waals surface area contributed by atoms with Gasteiger partial charge in [-0.3, -0.25) is 4.79 Å². The van der Waals surface area contributed by atoms with E-state index in [0.29, 0.717) is 6.54 Å². The van der Waals surface area contributed by atoms with Crippen molar-refractivity contribution in [3.05, 3.63) is 64.4 Å². The quantitative estimate of drug-likeness (QED) is 0.907. The van der Waals surface area contributed by atoms with Gasteiger partial charge < -0.3 is 10.4 Å². The minimum Gasteiger partial charge on any atom is -0.508 e. The first-order chi connectivity index (χ1) is 9.06. The molecule has 98 valence electrons. The van der Waals surface area contributed by atoms with Crippen molar-refractivity contribution in [2.75, 3.05) is 0 Å². The highest BCUT2D eigenvalue weighted by Gasteiger charge is 2.10. The SMILES string of the molecule is O=C(NCc1ccc(O)cc1)c1ccc(F)cc1Cl. The molecule has 0 saturated heterocycles. The van der Waals surface area contributed by atoms with Crippen LogP contribution in [0.5, 0.6) is 5.75 Å². The number of benzene rings is 2. The van der Waals surface area contributed by atoms with Gasteiger partial charge in [-0.1, -0.05) is 23.7 Å². The first kappa shape index (κ1) is 13.4.